The minimum atomic E-state index is -0.281. The van der Waals surface area contributed by atoms with Gasteiger partial charge in [-0.1, -0.05) is 17.7 Å². The van der Waals surface area contributed by atoms with Gasteiger partial charge >= 0.3 is 0 Å². The van der Waals surface area contributed by atoms with Gasteiger partial charge in [-0.15, -0.1) is 20.6 Å². The van der Waals surface area contributed by atoms with Crippen molar-refractivity contribution in [3.05, 3.63) is 49.7 Å². The van der Waals surface area contributed by atoms with Gasteiger partial charge in [-0.25, -0.2) is 0 Å². The average Bonchev–Trinajstić information content (AvgIpc) is 2.86. The van der Waals surface area contributed by atoms with Crippen molar-refractivity contribution in [2.24, 2.45) is 5.73 Å². The predicted octanol–water partition coefficient (Wildman–Crippen LogP) is 2.38. The summed E-state index contributed by atoms with van der Waals surface area (Å²) in [6, 6.07) is 5.47. The summed E-state index contributed by atoms with van der Waals surface area (Å²) in [6.07, 6.45) is 2.27. The number of nitrogens with two attached hydrogens (primary N) is 1. The van der Waals surface area contributed by atoms with Crippen LogP contribution in [0.4, 0.5) is 0 Å². The van der Waals surface area contributed by atoms with Crippen LogP contribution in [-0.4, -0.2) is 18.7 Å². The second kappa shape index (κ2) is 8.72. The second-order valence-electron chi connectivity index (χ2n) is 5.44. The summed E-state index contributed by atoms with van der Waals surface area (Å²) < 4.78 is 0. The Bertz CT molecular complexity index is 761. The molecule has 1 unspecified atom stereocenters. The van der Waals surface area contributed by atoms with Gasteiger partial charge in [0.05, 0.1) is 5.56 Å². The Balaban J connectivity index is 0.000000177. The molecule has 24 heavy (non-hydrogen) atoms. The molecule has 0 saturated heterocycles. The van der Waals surface area contributed by atoms with Gasteiger partial charge in [0.15, 0.2) is 0 Å². The number of hydrogen-bond donors (Lipinski definition) is 2. The van der Waals surface area contributed by atoms with Crippen LogP contribution in [0.25, 0.3) is 0 Å². The predicted molar refractivity (Wildman–Crippen MR) is 104 cm³/mol. The Morgan fingerprint density at radius 1 is 1.50 bits per heavy atom. The molecule has 2 heterocycles. The number of nitrogens with one attached hydrogen (secondary N) is 1. The van der Waals surface area contributed by atoms with E-state index in [0.717, 1.165) is 47.1 Å². The minimum absolute atomic E-state index is 0.281. The normalized spacial score (nSPS) is 12.8. The van der Waals surface area contributed by atoms with Crippen LogP contribution in [0.15, 0.2) is 18.2 Å². The highest BCUT2D eigenvalue weighted by Crippen LogP contribution is 2.29. The molecule has 0 fully saturated rings. The molecule has 0 radical (unpaired) electrons. The second-order valence-corrected chi connectivity index (χ2v) is 7.81. The van der Waals surface area contributed by atoms with Gasteiger partial charge in [-0.05, 0) is 48.5 Å². The fraction of sp³-hybridized carbons (Fsp3) is 0.294. The Hall–Kier alpha value is -1.26. The van der Waals surface area contributed by atoms with E-state index in [1.165, 1.54) is 10.4 Å². The molecule has 128 valence electrons. The summed E-state index contributed by atoms with van der Waals surface area (Å²) in [6.45, 7) is 3.79. The van der Waals surface area contributed by atoms with E-state index >= 15 is 0 Å². The summed E-state index contributed by atoms with van der Waals surface area (Å²) >= 11 is 7.40. The molecular weight excluding hydrogens is 363 g/mol. The van der Waals surface area contributed by atoms with Gasteiger partial charge in [-0.2, -0.15) is 0 Å². The van der Waals surface area contributed by atoms with Crippen LogP contribution in [0, 0.1) is 6.92 Å². The van der Waals surface area contributed by atoms with E-state index in [-0.39, 0.29) is 5.91 Å². The Kier molecular flexibility index (Phi) is 6.93. The van der Waals surface area contributed by atoms with Crippen molar-refractivity contribution in [3.63, 3.8) is 0 Å². The molecule has 0 saturated carbocycles. The third-order valence-corrected chi connectivity index (χ3v) is 5.68. The van der Waals surface area contributed by atoms with Gasteiger partial charge in [0.25, 0.3) is 0 Å². The molecule has 2 aromatic rings. The van der Waals surface area contributed by atoms with Crippen LogP contribution in [0.5, 0.6) is 0 Å². The van der Waals surface area contributed by atoms with Crippen molar-refractivity contribution in [1.82, 2.24) is 5.32 Å². The third kappa shape index (κ3) is 4.64. The molecule has 0 aliphatic carbocycles. The summed E-state index contributed by atoms with van der Waals surface area (Å²) in [5.74, 6) is -0.281. The highest BCUT2D eigenvalue weighted by atomic mass is 35.5. The highest BCUT2D eigenvalue weighted by molar-refractivity contribution is 7.27. The molecule has 1 atom stereocenters. The number of halogens is 1. The van der Waals surface area contributed by atoms with Gasteiger partial charge in [0, 0.05) is 27.7 Å². The van der Waals surface area contributed by atoms with E-state index in [1.54, 1.807) is 17.4 Å². The molecule has 1 aromatic heterocycles. The number of benzene rings is 1. The molecule has 3 N–H and O–H groups in total. The Morgan fingerprint density at radius 2 is 2.25 bits per heavy atom. The Morgan fingerprint density at radius 3 is 2.88 bits per heavy atom. The maximum absolute atomic E-state index is 11.2. The van der Waals surface area contributed by atoms with E-state index in [0.29, 0.717) is 11.4 Å². The number of rotatable bonds is 3. The van der Waals surface area contributed by atoms with Crippen LogP contribution in [-0.2, 0) is 24.2 Å². The van der Waals surface area contributed by atoms with Crippen molar-refractivity contribution >= 4 is 49.7 Å². The zero-order chi connectivity index (χ0) is 17.7. The zero-order valence-electron chi connectivity index (χ0n) is 13.4. The van der Waals surface area contributed by atoms with E-state index in [9.17, 15) is 9.59 Å². The number of carbonyl (C=O) groups is 2. The molecule has 3 rings (SSSR count). The first kappa shape index (κ1) is 19.1. The largest absolute Gasteiger partial charge is 0.366 e. The van der Waals surface area contributed by atoms with Crippen molar-refractivity contribution in [2.75, 3.05) is 6.54 Å². The monoisotopic (exact) mass is 382 g/mol. The maximum atomic E-state index is 11.2. The number of aldehydes is 1. The van der Waals surface area contributed by atoms with E-state index in [4.69, 9.17) is 17.3 Å². The van der Waals surface area contributed by atoms with E-state index in [1.807, 2.05) is 19.1 Å². The number of thiophene rings is 1. The number of primary amides is 1. The molecule has 7 heteroatoms. The number of hydrogen-bond acceptors (Lipinski definition) is 4. The topological polar surface area (TPSA) is 72.2 Å². The molecule has 1 amide bonds. The summed E-state index contributed by atoms with van der Waals surface area (Å²) in [4.78, 5) is 23.7. The lowest BCUT2D eigenvalue weighted by molar-refractivity contribution is -0.107. The average molecular weight is 383 g/mol. The Labute approximate surface area is 153 Å². The van der Waals surface area contributed by atoms with Crippen LogP contribution in [0.2, 0.25) is 5.02 Å². The van der Waals surface area contributed by atoms with Crippen LogP contribution in [0.1, 0.15) is 31.2 Å². The van der Waals surface area contributed by atoms with Crippen molar-refractivity contribution in [1.29, 1.82) is 0 Å². The van der Waals surface area contributed by atoms with E-state index < -0.39 is 0 Å². The highest BCUT2D eigenvalue weighted by Gasteiger charge is 2.21. The first-order chi connectivity index (χ1) is 11.4. The van der Waals surface area contributed by atoms with E-state index in [2.05, 4.69) is 14.6 Å². The lowest BCUT2D eigenvalue weighted by Crippen LogP contribution is -2.24. The molecule has 4 nitrogen and oxygen atoms in total. The lowest BCUT2D eigenvalue weighted by Gasteiger charge is -2.12. The number of carbonyl (C=O) groups excluding carboxylic acids is 2. The molecule has 1 aliphatic heterocycles. The van der Waals surface area contributed by atoms with Crippen molar-refractivity contribution in [3.8, 4) is 0 Å². The zero-order valence-corrected chi connectivity index (χ0v) is 16.1. The minimum Gasteiger partial charge on any atom is -0.366 e. The summed E-state index contributed by atoms with van der Waals surface area (Å²) in [5, 5.41) is 4.97. The first-order valence-electron chi connectivity index (χ1n) is 7.53. The standard InChI is InChI=1S/C9H12N2OS.C8H8ClOP/c1-5-8(9(10)12)6-2-3-11-4-7(6)13-5;9-7-2-1-6(3-4-10)8(11)5-7/h11H,2-4H2,1H3,(H2,10,12);1-2,4-5H,3,11H2. The van der Waals surface area contributed by atoms with Crippen molar-refractivity contribution in [2.45, 2.75) is 26.3 Å². The number of aryl methyl sites for hydroxylation is 1. The smallest absolute Gasteiger partial charge is 0.250 e. The van der Waals surface area contributed by atoms with Crippen LogP contribution in [0.3, 0.4) is 0 Å². The maximum Gasteiger partial charge on any atom is 0.250 e. The molecule has 0 spiro atoms. The summed E-state index contributed by atoms with van der Waals surface area (Å²) in [7, 11) is 2.55. The first-order valence-corrected chi connectivity index (χ1v) is 9.30. The fourth-order valence-corrected chi connectivity index (χ4v) is 4.51. The molecular formula is C17H20ClN2O2PS. The fourth-order valence-electron chi connectivity index (χ4n) is 2.64. The third-order valence-electron chi connectivity index (χ3n) is 3.76. The van der Waals surface area contributed by atoms with Crippen LogP contribution >= 0.6 is 32.2 Å². The quantitative estimate of drug-likeness (QED) is 0.632. The number of fused-ring (bicyclic) bond motifs is 1. The molecule has 0 bridgehead atoms. The SMILES string of the molecule is Cc1sc2c(c1C(N)=O)CCNC2.O=CCc1ccc(Cl)cc1P. The molecule has 1 aliphatic rings. The van der Waals surface area contributed by atoms with Gasteiger partial charge in [0.1, 0.15) is 6.29 Å². The number of amides is 1. The van der Waals surface area contributed by atoms with Crippen molar-refractivity contribution < 1.29 is 9.59 Å². The van der Waals surface area contributed by atoms with Gasteiger partial charge in [0.2, 0.25) is 5.91 Å². The van der Waals surface area contributed by atoms with Crippen LogP contribution < -0.4 is 16.4 Å². The van der Waals surface area contributed by atoms with Gasteiger partial charge in [-0.3, -0.25) is 4.79 Å². The van der Waals surface area contributed by atoms with Gasteiger partial charge < -0.3 is 15.8 Å². The molecule has 1 aromatic carbocycles. The summed E-state index contributed by atoms with van der Waals surface area (Å²) in [5.41, 5.74) is 8.28. The lowest BCUT2D eigenvalue weighted by atomic mass is 10.0.